The van der Waals surface area contributed by atoms with Crippen molar-refractivity contribution in [3.8, 4) is 11.5 Å². The molecule has 126 valence electrons. The molecule has 1 unspecified atom stereocenters. The zero-order chi connectivity index (χ0) is 17.1. The summed E-state index contributed by atoms with van der Waals surface area (Å²) in [7, 11) is 3.12. The molecule has 0 radical (unpaired) electrons. The van der Waals surface area contributed by atoms with Crippen LogP contribution in [0.2, 0.25) is 0 Å². The van der Waals surface area contributed by atoms with Crippen molar-refractivity contribution in [2.24, 2.45) is 0 Å². The highest BCUT2D eigenvalue weighted by molar-refractivity contribution is 5.95. The molecule has 1 saturated heterocycles. The quantitative estimate of drug-likeness (QED) is 0.924. The number of likely N-dealkylation sites (tertiary alicyclic amines) is 1. The number of hydrogen-bond donors (Lipinski definition) is 1. The van der Waals surface area contributed by atoms with Crippen LogP contribution in [0.3, 0.4) is 0 Å². The van der Waals surface area contributed by atoms with Crippen molar-refractivity contribution in [2.75, 3.05) is 26.5 Å². The van der Waals surface area contributed by atoms with Gasteiger partial charge in [0, 0.05) is 12.1 Å². The predicted octanol–water partition coefficient (Wildman–Crippen LogP) is 2.05. The summed E-state index contributed by atoms with van der Waals surface area (Å²) >= 11 is 0. The Morgan fingerprint density at radius 2 is 1.96 bits per heavy atom. The lowest BCUT2D eigenvalue weighted by Gasteiger charge is -2.24. The maximum atomic E-state index is 12.9. The van der Waals surface area contributed by atoms with E-state index in [9.17, 15) is 4.79 Å². The van der Waals surface area contributed by atoms with E-state index in [4.69, 9.17) is 15.2 Å². The molecule has 1 amide bonds. The third kappa shape index (κ3) is 2.97. The number of carbonyl (C=O) groups excluding carboxylic acids is 1. The minimum Gasteiger partial charge on any atom is -0.493 e. The summed E-state index contributed by atoms with van der Waals surface area (Å²) in [4.78, 5) is 14.7. The summed E-state index contributed by atoms with van der Waals surface area (Å²) in [5, 5.41) is 8.03. The molecule has 1 aliphatic heterocycles. The molecule has 1 aromatic carbocycles. The number of benzene rings is 1. The summed E-state index contributed by atoms with van der Waals surface area (Å²) in [5.41, 5.74) is 6.91. The Morgan fingerprint density at radius 3 is 2.62 bits per heavy atom. The van der Waals surface area contributed by atoms with Crippen LogP contribution in [-0.2, 0) is 0 Å². The van der Waals surface area contributed by atoms with Gasteiger partial charge >= 0.3 is 0 Å². The first-order valence-electron chi connectivity index (χ1n) is 7.76. The van der Waals surface area contributed by atoms with E-state index in [1.54, 1.807) is 38.5 Å². The second-order valence-corrected chi connectivity index (χ2v) is 5.61. The number of amides is 1. The molecule has 2 aromatic rings. The van der Waals surface area contributed by atoms with Gasteiger partial charge in [0.1, 0.15) is 5.82 Å². The Morgan fingerprint density at radius 1 is 1.17 bits per heavy atom. The maximum absolute atomic E-state index is 12.9. The predicted molar refractivity (Wildman–Crippen MR) is 89.0 cm³/mol. The van der Waals surface area contributed by atoms with Crippen molar-refractivity contribution in [2.45, 2.75) is 18.9 Å². The number of aromatic nitrogens is 2. The minimum absolute atomic E-state index is 0.0583. The first-order chi connectivity index (χ1) is 11.6. The zero-order valence-corrected chi connectivity index (χ0v) is 13.7. The second kappa shape index (κ2) is 6.74. The van der Waals surface area contributed by atoms with Gasteiger partial charge in [0.05, 0.1) is 26.0 Å². The summed E-state index contributed by atoms with van der Waals surface area (Å²) in [5.74, 6) is 1.44. The molecule has 0 spiro atoms. The molecular weight excluding hydrogens is 308 g/mol. The van der Waals surface area contributed by atoms with Crippen LogP contribution in [-0.4, -0.2) is 41.8 Å². The third-order valence-electron chi connectivity index (χ3n) is 4.19. The number of nitrogen functional groups attached to an aromatic ring is 1. The van der Waals surface area contributed by atoms with Crippen LogP contribution in [0.5, 0.6) is 11.5 Å². The van der Waals surface area contributed by atoms with Crippen LogP contribution in [0, 0.1) is 0 Å². The van der Waals surface area contributed by atoms with E-state index in [0.717, 1.165) is 18.5 Å². The number of carbonyl (C=O) groups is 1. The average Bonchev–Trinajstić information content (AvgIpc) is 3.10. The summed E-state index contributed by atoms with van der Waals surface area (Å²) < 4.78 is 10.5. The topological polar surface area (TPSA) is 90.6 Å². The zero-order valence-electron chi connectivity index (χ0n) is 13.7. The Balaban J connectivity index is 1.87. The van der Waals surface area contributed by atoms with E-state index in [1.807, 2.05) is 11.0 Å². The molecule has 2 heterocycles. The molecule has 0 aliphatic carbocycles. The largest absolute Gasteiger partial charge is 0.493 e. The molecule has 24 heavy (non-hydrogen) atoms. The van der Waals surface area contributed by atoms with E-state index < -0.39 is 0 Å². The number of methoxy groups -OCH3 is 2. The van der Waals surface area contributed by atoms with Gasteiger partial charge < -0.3 is 20.1 Å². The van der Waals surface area contributed by atoms with Gasteiger partial charge in [-0.25, -0.2) is 0 Å². The van der Waals surface area contributed by atoms with Crippen LogP contribution in [0.1, 0.15) is 34.9 Å². The Labute approximate surface area is 140 Å². The highest BCUT2D eigenvalue weighted by Crippen LogP contribution is 2.34. The lowest BCUT2D eigenvalue weighted by atomic mass is 10.1. The van der Waals surface area contributed by atoms with Crippen molar-refractivity contribution in [1.29, 1.82) is 0 Å². The van der Waals surface area contributed by atoms with Crippen LogP contribution in [0.25, 0.3) is 0 Å². The first-order valence-corrected chi connectivity index (χ1v) is 7.76. The van der Waals surface area contributed by atoms with E-state index in [2.05, 4.69) is 10.2 Å². The van der Waals surface area contributed by atoms with Gasteiger partial charge in [-0.15, -0.1) is 5.10 Å². The number of hydrogen-bond acceptors (Lipinski definition) is 6. The normalized spacial score (nSPS) is 16.9. The molecule has 1 fully saturated rings. The molecule has 7 heteroatoms. The molecule has 2 N–H and O–H groups in total. The second-order valence-electron chi connectivity index (χ2n) is 5.61. The standard InChI is InChI=1S/C17H20N4O3/c1-23-14-7-5-11(10-15(14)24-2)17(22)21-9-3-4-13(21)12-6-8-16(18)20-19-12/h5-8,10,13H,3-4,9H2,1-2H3,(H2,18,20). The molecule has 3 rings (SSSR count). The Kier molecular flexibility index (Phi) is 4.50. The van der Waals surface area contributed by atoms with Crippen molar-refractivity contribution in [3.05, 3.63) is 41.6 Å². The molecule has 1 atom stereocenters. The van der Waals surface area contributed by atoms with Crippen molar-refractivity contribution in [3.63, 3.8) is 0 Å². The van der Waals surface area contributed by atoms with E-state index in [0.29, 0.717) is 29.4 Å². The monoisotopic (exact) mass is 328 g/mol. The molecule has 1 aliphatic rings. The van der Waals surface area contributed by atoms with Gasteiger partial charge in [0.15, 0.2) is 11.5 Å². The maximum Gasteiger partial charge on any atom is 0.254 e. The number of nitrogens with zero attached hydrogens (tertiary/aromatic N) is 3. The lowest BCUT2D eigenvalue weighted by Crippen LogP contribution is -2.31. The minimum atomic E-state index is -0.0845. The fraction of sp³-hybridized carbons (Fsp3) is 0.353. The number of anilines is 1. The van der Waals surface area contributed by atoms with Gasteiger partial charge in [-0.2, -0.15) is 5.10 Å². The van der Waals surface area contributed by atoms with Crippen molar-refractivity contribution >= 4 is 11.7 Å². The third-order valence-corrected chi connectivity index (χ3v) is 4.19. The van der Waals surface area contributed by atoms with Crippen molar-refractivity contribution < 1.29 is 14.3 Å². The van der Waals surface area contributed by atoms with Gasteiger partial charge in [0.25, 0.3) is 5.91 Å². The van der Waals surface area contributed by atoms with Crippen LogP contribution in [0.15, 0.2) is 30.3 Å². The van der Waals surface area contributed by atoms with Gasteiger partial charge in [-0.05, 0) is 43.2 Å². The van der Waals surface area contributed by atoms with Crippen LogP contribution in [0.4, 0.5) is 5.82 Å². The molecule has 7 nitrogen and oxygen atoms in total. The highest BCUT2D eigenvalue weighted by atomic mass is 16.5. The van der Waals surface area contributed by atoms with Gasteiger partial charge in [0.2, 0.25) is 0 Å². The number of rotatable bonds is 4. The molecule has 0 saturated carbocycles. The van der Waals surface area contributed by atoms with Gasteiger partial charge in [-0.1, -0.05) is 0 Å². The molecule has 0 bridgehead atoms. The number of ether oxygens (including phenoxy) is 2. The van der Waals surface area contributed by atoms with E-state index in [-0.39, 0.29) is 11.9 Å². The fourth-order valence-electron chi connectivity index (χ4n) is 2.98. The molecule has 1 aromatic heterocycles. The first kappa shape index (κ1) is 16.0. The fourth-order valence-corrected chi connectivity index (χ4v) is 2.98. The van der Waals surface area contributed by atoms with Crippen molar-refractivity contribution in [1.82, 2.24) is 15.1 Å². The van der Waals surface area contributed by atoms with Crippen LogP contribution < -0.4 is 15.2 Å². The summed E-state index contributed by atoms with van der Waals surface area (Å²) in [6, 6.07) is 8.63. The summed E-state index contributed by atoms with van der Waals surface area (Å²) in [6.07, 6.45) is 1.79. The highest BCUT2D eigenvalue weighted by Gasteiger charge is 2.32. The lowest BCUT2D eigenvalue weighted by molar-refractivity contribution is 0.0732. The SMILES string of the molecule is COc1ccc(C(=O)N2CCCC2c2ccc(N)nn2)cc1OC. The Bertz CT molecular complexity index is 733. The van der Waals surface area contributed by atoms with Crippen LogP contribution >= 0.6 is 0 Å². The smallest absolute Gasteiger partial charge is 0.254 e. The van der Waals surface area contributed by atoms with Gasteiger partial charge in [-0.3, -0.25) is 4.79 Å². The Hall–Kier alpha value is -2.83. The van der Waals surface area contributed by atoms with E-state index in [1.165, 1.54) is 0 Å². The summed E-state index contributed by atoms with van der Waals surface area (Å²) in [6.45, 7) is 0.684. The van der Waals surface area contributed by atoms with E-state index >= 15 is 0 Å². The molecular formula is C17H20N4O3. The number of nitrogens with two attached hydrogens (primary N) is 1. The average molecular weight is 328 g/mol.